The van der Waals surface area contributed by atoms with Gasteiger partial charge in [0.05, 0.1) is 18.7 Å². The topological polar surface area (TPSA) is 73.1 Å². The highest BCUT2D eigenvalue weighted by Crippen LogP contribution is 2.35. The molecule has 0 bridgehead atoms. The van der Waals surface area contributed by atoms with Crippen LogP contribution in [0.4, 0.5) is 0 Å². The lowest BCUT2D eigenvalue weighted by atomic mass is 10.1. The zero-order valence-corrected chi connectivity index (χ0v) is 20.2. The number of carbonyl (C=O) groups is 1. The number of hydrogen-bond acceptors (Lipinski definition) is 5. The molecular formula is C26H30ClN5O2. The Morgan fingerprint density at radius 3 is 2.56 bits per heavy atom. The van der Waals surface area contributed by atoms with E-state index in [4.69, 9.17) is 26.4 Å². The van der Waals surface area contributed by atoms with Crippen molar-refractivity contribution in [1.29, 1.82) is 0 Å². The summed E-state index contributed by atoms with van der Waals surface area (Å²) in [4.78, 5) is 24.2. The quantitative estimate of drug-likeness (QED) is 0.419. The third-order valence-electron chi connectivity index (χ3n) is 6.82. The Kier molecular flexibility index (Phi) is 6.81. The van der Waals surface area contributed by atoms with Crippen molar-refractivity contribution < 1.29 is 9.53 Å². The van der Waals surface area contributed by atoms with Gasteiger partial charge in [-0.1, -0.05) is 24.4 Å². The van der Waals surface area contributed by atoms with Crippen LogP contribution in [0.3, 0.4) is 0 Å². The summed E-state index contributed by atoms with van der Waals surface area (Å²) in [5.41, 5.74) is 1.75. The first-order chi connectivity index (χ1) is 16.6. The number of ether oxygens (including phenoxy) is 1. The molecule has 2 aliphatic rings. The summed E-state index contributed by atoms with van der Waals surface area (Å²) in [6.07, 6.45) is 11.1. The summed E-state index contributed by atoms with van der Waals surface area (Å²) in [5.74, 6) is 2.83. The minimum Gasteiger partial charge on any atom is -0.495 e. The van der Waals surface area contributed by atoms with Crippen LogP contribution < -0.4 is 4.74 Å². The standard InChI is InChI=1S/C26H30ClN5O2/c1-34-23-9-8-20(17-22(23)27)26-29-25(19-10-12-28-13-11-19)30-32(26)15-14-31(21-4-2-3-5-21)24(33)16-18-6-7-18/h8-13,17-18,21H,2-7,14-16H2,1H3. The first kappa shape index (κ1) is 22.8. The number of benzene rings is 1. The molecule has 0 radical (unpaired) electrons. The Labute approximate surface area is 205 Å². The highest BCUT2D eigenvalue weighted by atomic mass is 35.5. The van der Waals surface area contributed by atoms with Gasteiger partial charge < -0.3 is 9.64 Å². The summed E-state index contributed by atoms with van der Waals surface area (Å²) >= 11 is 6.42. The van der Waals surface area contributed by atoms with E-state index in [9.17, 15) is 4.79 Å². The van der Waals surface area contributed by atoms with E-state index in [1.807, 2.05) is 35.0 Å². The summed E-state index contributed by atoms with van der Waals surface area (Å²) < 4.78 is 7.22. The van der Waals surface area contributed by atoms with Gasteiger partial charge >= 0.3 is 0 Å². The molecule has 5 rings (SSSR count). The summed E-state index contributed by atoms with van der Waals surface area (Å²) in [5, 5.41) is 5.35. The number of nitrogens with zero attached hydrogens (tertiary/aromatic N) is 5. The molecule has 178 valence electrons. The molecule has 2 fully saturated rings. The molecule has 2 saturated carbocycles. The van der Waals surface area contributed by atoms with Crippen LogP contribution in [-0.2, 0) is 11.3 Å². The Morgan fingerprint density at radius 2 is 1.88 bits per heavy atom. The Bertz CT molecular complexity index is 1140. The van der Waals surface area contributed by atoms with E-state index in [0.29, 0.717) is 48.1 Å². The molecule has 2 heterocycles. The van der Waals surface area contributed by atoms with Crippen LogP contribution in [0.1, 0.15) is 44.9 Å². The van der Waals surface area contributed by atoms with Crippen molar-refractivity contribution in [2.45, 2.75) is 57.5 Å². The molecule has 2 aliphatic carbocycles. The summed E-state index contributed by atoms with van der Waals surface area (Å²) in [6.45, 7) is 1.20. The van der Waals surface area contributed by atoms with Crippen LogP contribution in [0.25, 0.3) is 22.8 Å². The van der Waals surface area contributed by atoms with E-state index < -0.39 is 0 Å². The number of hydrogen-bond donors (Lipinski definition) is 0. The van der Waals surface area contributed by atoms with Crippen molar-refractivity contribution in [2.24, 2.45) is 5.92 Å². The van der Waals surface area contributed by atoms with Gasteiger partial charge in [0.1, 0.15) is 5.75 Å². The largest absolute Gasteiger partial charge is 0.495 e. The fourth-order valence-corrected chi connectivity index (χ4v) is 5.01. The van der Waals surface area contributed by atoms with Gasteiger partial charge in [-0.3, -0.25) is 9.78 Å². The fourth-order valence-electron chi connectivity index (χ4n) is 4.76. The van der Waals surface area contributed by atoms with Gasteiger partial charge in [-0.05, 0) is 61.9 Å². The van der Waals surface area contributed by atoms with Gasteiger partial charge in [0.2, 0.25) is 5.91 Å². The average Bonchev–Trinajstić information content (AvgIpc) is 3.32. The number of aromatic nitrogens is 4. The second kappa shape index (κ2) is 10.1. The fraction of sp³-hybridized carbons (Fsp3) is 0.462. The van der Waals surface area contributed by atoms with Gasteiger partial charge in [-0.2, -0.15) is 5.10 Å². The third-order valence-corrected chi connectivity index (χ3v) is 7.11. The number of rotatable bonds is 9. The molecule has 0 spiro atoms. The van der Waals surface area contributed by atoms with Gasteiger partial charge in [0.15, 0.2) is 11.6 Å². The second-order valence-corrected chi connectivity index (χ2v) is 9.65. The van der Waals surface area contributed by atoms with Crippen LogP contribution in [0.5, 0.6) is 5.75 Å². The minimum absolute atomic E-state index is 0.290. The number of amides is 1. The maximum atomic E-state index is 13.1. The van der Waals surface area contributed by atoms with Crippen LogP contribution >= 0.6 is 11.6 Å². The van der Waals surface area contributed by atoms with Crippen LogP contribution in [0.15, 0.2) is 42.7 Å². The molecule has 0 unspecified atom stereocenters. The average molecular weight is 480 g/mol. The molecule has 0 aliphatic heterocycles. The number of halogens is 1. The zero-order valence-electron chi connectivity index (χ0n) is 19.5. The zero-order chi connectivity index (χ0) is 23.5. The molecule has 1 amide bonds. The first-order valence-electron chi connectivity index (χ1n) is 12.1. The number of methoxy groups -OCH3 is 1. The second-order valence-electron chi connectivity index (χ2n) is 9.24. The molecule has 0 saturated heterocycles. The Balaban J connectivity index is 1.44. The van der Waals surface area contributed by atoms with Crippen molar-refractivity contribution in [2.75, 3.05) is 13.7 Å². The van der Waals surface area contributed by atoms with Crippen LogP contribution in [0, 0.1) is 5.92 Å². The van der Waals surface area contributed by atoms with Crippen molar-refractivity contribution in [3.63, 3.8) is 0 Å². The molecule has 7 nitrogen and oxygen atoms in total. The molecule has 0 N–H and O–H groups in total. The van der Waals surface area contributed by atoms with E-state index in [0.717, 1.165) is 29.8 Å². The van der Waals surface area contributed by atoms with Crippen molar-refractivity contribution in [1.82, 2.24) is 24.6 Å². The SMILES string of the molecule is COc1ccc(-c2nc(-c3ccncc3)nn2CCN(C(=O)CC2CC2)C2CCCC2)cc1Cl. The molecule has 1 aromatic carbocycles. The molecule has 2 aromatic heterocycles. The molecule has 8 heteroatoms. The van der Waals surface area contributed by atoms with Gasteiger partial charge in [0, 0.05) is 42.5 Å². The van der Waals surface area contributed by atoms with E-state index in [-0.39, 0.29) is 5.91 Å². The molecule has 0 atom stereocenters. The summed E-state index contributed by atoms with van der Waals surface area (Å²) in [7, 11) is 1.60. The molecule has 3 aromatic rings. The van der Waals surface area contributed by atoms with E-state index in [1.54, 1.807) is 19.5 Å². The highest BCUT2D eigenvalue weighted by Gasteiger charge is 2.31. The van der Waals surface area contributed by atoms with Crippen molar-refractivity contribution in [3.05, 3.63) is 47.7 Å². The van der Waals surface area contributed by atoms with E-state index >= 15 is 0 Å². The third kappa shape index (κ3) is 5.09. The molecule has 34 heavy (non-hydrogen) atoms. The van der Waals surface area contributed by atoms with E-state index in [2.05, 4.69) is 9.88 Å². The Morgan fingerprint density at radius 1 is 1.12 bits per heavy atom. The van der Waals surface area contributed by atoms with Crippen molar-refractivity contribution in [3.8, 4) is 28.5 Å². The lowest BCUT2D eigenvalue weighted by Crippen LogP contribution is -2.41. The van der Waals surface area contributed by atoms with E-state index in [1.165, 1.54) is 25.7 Å². The lowest BCUT2D eigenvalue weighted by molar-refractivity contribution is -0.134. The smallest absolute Gasteiger partial charge is 0.223 e. The number of carbonyl (C=O) groups excluding carboxylic acids is 1. The maximum absolute atomic E-state index is 13.1. The van der Waals surface area contributed by atoms with Gasteiger partial charge in [-0.25, -0.2) is 9.67 Å². The monoisotopic (exact) mass is 479 g/mol. The lowest BCUT2D eigenvalue weighted by Gasteiger charge is -2.29. The Hall–Kier alpha value is -2.93. The number of pyridine rings is 1. The van der Waals surface area contributed by atoms with Gasteiger partial charge in [-0.15, -0.1) is 0 Å². The maximum Gasteiger partial charge on any atom is 0.223 e. The minimum atomic E-state index is 0.290. The first-order valence-corrected chi connectivity index (χ1v) is 12.5. The van der Waals surface area contributed by atoms with Crippen molar-refractivity contribution >= 4 is 17.5 Å². The highest BCUT2D eigenvalue weighted by molar-refractivity contribution is 6.32. The summed E-state index contributed by atoms with van der Waals surface area (Å²) in [6, 6.07) is 9.77. The predicted octanol–water partition coefficient (Wildman–Crippen LogP) is 5.24. The predicted molar refractivity (Wildman–Crippen MR) is 132 cm³/mol. The molecular weight excluding hydrogens is 450 g/mol. The normalized spacial score (nSPS) is 16.1. The van der Waals surface area contributed by atoms with Crippen LogP contribution in [0.2, 0.25) is 5.02 Å². The van der Waals surface area contributed by atoms with Gasteiger partial charge in [0.25, 0.3) is 0 Å². The van der Waals surface area contributed by atoms with Crippen LogP contribution in [-0.4, -0.2) is 50.3 Å².